The molecule has 0 atom stereocenters. The third kappa shape index (κ3) is 8.33. The number of carbonyl (C=O) groups is 1. The first kappa shape index (κ1) is 23.9. The van der Waals surface area contributed by atoms with Gasteiger partial charge in [-0.2, -0.15) is 0 Å². The summed E-state index contributed by atoms with van der Waals surface area (Å²) in [5.74, 6) is 1.08. The van der Waals surface area contributed by atoms with E-state index in [2.05, 4.69) is 13.8 Å². The lowest BCUT2D eigenvalue weighted by atomic mass is 10.1. The lowest BCUT2D eigenvalue weighted by Gasteiger charge is -2.07. The summed E-state index contributed by atoms with van der Waals surface area (Å²) in [7, 11) is 0. The van der Waals surface area contributed by atoms with Crippen LogP contribution in [0.1, 0.15) is 37.2 Å². The Morgan fingerprint density at radius 3 is 2.45 bits per heavy atom. The van der Waals surface area contributed by atoms with Crippen LogP contribution in [0.5, 0.6) is 11.5 Å². The van der Waals surface area contributed by atoms with Gasteiger partial charge in [0.05, 0.1) is 6.61 Å². The van der Waals surface area contributed by atoms with Crippen molar-refractivity contribution in [1.82, 2.24) is 0 Å². The highest BCUT2D eigenvalue weighted by Gasteiger charge is 2.07. The maximum Gasteiger partial charge on any atom is 0.331 e. The highest BCUT2D eigenvalue weighted by atomic mass is 16.5. The Morgan fingerprint density at radius 1 is 1.00 bits per heavy atom. The summed E-state index contributed by atoms with van der Waals surface area (Å²) in [6.07, 6.45) is 5.06. The zero-order valence-electron chi connectivity index (χ0n) is 18.9. The molecule has 0 aliphatic rings. The Bertz CT molecular complexity index is 1100. The van der Waals surface area contributed by atoms with E-state index in [1.165, 1.54) is 18.4 Å². The zero-order chi connectivity index (χ0) is 23.5. The third-order valence-corrected chi connectivity index (χ3v) is 4.70. The Hall–Kier alpha value is -3.80. The molecule has 2 aromatic carbocycles. The van der Waals surface area contributed by atoms with E-state index in [0.29, 0.717) is 19.1 Å². The fourth-order valence-corrected chi connectivity index (χ4v) is 2.79. The molecule has 0 bridgehead atoms. The van der Waals surface area contributed by atoms with Crippen molar-refractivity contribution in [3.8, 4) is 11.5 Å². The van der Waals surface area contributed by atoms with Gasteiger partial charge in [0.1, 0.15) is 31.0 Å². The van der Waals surface area contributed by atoms with E-state index < -0.39 is 5.97 Å². The molecule has 33 heavy (non-hydrogen) atoms. The standard InChI is InChI=1S/C27H28O6/c1-20(2)14-15-30-26-19-32-24(16-25(26)28)18-33-27(29)13-10-21-8-11-23(12-9-21)31-17-22-6-4-3-5-7-22/h3-13,16,19-20H,14-15,17-18H2,1-2H3/b13-10+. The highest BCUT2D eigenvalue weighted by Crippen LogP contribution is 2.15. The highest BCUT2D eigenvalue weighted by molar-refractivity contribution is 5.87. The number of hydrogen-bond acceptors (Lipinski definition) is 6. The number of rotatable bonds is 11. The molecule has 0 aliphatic heterocycles. The summed E-state index contributed by atoms with van der Waals surface area (Å²) in [6, 6.07) is 18.6. The SMILES string of the molecule is CC(C)CCOc1coc(COC(=O)/C=C/c2ccc(OCc3ccccc3)cc2)cc1=O. The maximum atomic E-state index is 12.1. The quantitative estimate of drug-likeness (QED) is 0.289. The summed E-state index contributed by atoms with van der Waals surface area (Å²) < 4.78 is 21.7. The minimum Gasteiger partial charge on any atom is -0.489 e. The zero-order valence-corrected chi connectivity index (χ0v) is 18.9. The fraction of sp³-hybridized carbons (Fsp3) is 0.259. The van der Waals surface area contributed by atoms with Gasteiger partial charge in [-0.3, -0.25) is 4.79 Å². The van der Waals surface area contributed by atoms with Gasteiger partial charge >= 0.3 is 5.97 Å². The Labute approximate surface area is 193 Å². The first-order valence-electron chi connectivity index (χ1n) is 10.9. The van der Waals surface area contributed by atoms with Crippen LogP contribution in [-0.4, -0.2) is 12.6 Å². The van der Waals surface area contributed by atoms with Gasteiger partial charge in [0, 0.05) is 12.1 Å². The van der Waals surface area contributed by atoms with Crippen LogP contribution in [0.4, 0.5) is 0 Å². The molecule has 0 unspecified atom stereocenters. The number of carbonyl (C=O) groups excluding carboxylic acids is 1. The van der Waals surface area contributed by atoms with Crippen LogP contribution in [-0.2, 0) is 22.7 Å². The van der Waals surface area contributed by atoms with Gasteiger partial charge in [-0.05, 0) is 41.7 Å². The molecule has 0 radical (unpaired) electrons. The predicted octanol–water partition coefficient (Wildman–Crippen LogP) is 5.40. The van der Waals surface area contributed by atoms with Crippen LogP contribution in [0.2, 0.25) is 0 Å². The molecule has 0 spiro atoms. The second-order valence-corrected chi connectivity index (χ2v) is 7.89. The minimum atomic E-state index is -0.542. The van der Waals surface area contributed by atoms with E-state index in [1.807, 2.05) is 54.6 Å². The molecule has 3 aromatic rings. The molecule has 0 saturated carbocycles. The van der Waals surface area contributed by atoms with E-state index >= 15 is 0 Å². The predicted molar refractivity (Wildman–Crippen MR) is 126 cm³/mol. The maximum absolute atomic E-state index is 12.1. The molecular formula is C27H28O6. The van der Waals surface area contributed by atoms with Crippen molar-refractivity contribution in [1.29, 1.82) is 0 Å². The monoisotopic (exact) mass is 448 g/mol. The van der Waals surface area contributed by atoms with Crippen LogP contribution < -0.4 is 14.9 Å². The second kappa shape index (κ2) is 12.3. The fourth-order valence-electron chi connectivity index (χ4n) is 2.79. The molecule has 0 amide bonds. The number of hydrogen-bond donors (Lipinski definition) is 0. The van der Waals surface area contributed by atoms with Gasteiger partial charge < -0.3 is 18.6 Å². The lowest BCUT2D eigenvalue weighted by Crippen LogP contribution is -2.11. The second-order valence-electron chi connectivity index (χ2n) is 7.89. The van der Waals surface area contributed by atoms with Gasteiger partial charge in [-0.1, -0.05) is 56.3 Å². The van der Waals surface area contributed by atoms with Crippen molar-refractivity contribution >= 4 is 12.0 Å². The van der Waals surface area contributed by atoms with E-state index in [0.717, 1.165) is 23.3 Å². The molecule has 1 aromatic heterocycles. The molecule has 0 aliphatic carbocycles. The van der Waals surface area contributed by atoms with Crippen LogP contribution in [0, 0.1) is 5.92 Å². The normalized spacial score (nSPS) is 11.0. The smallest absolute Gasteiger partial charge is 0.331 e. The summed E-state index contributed by atoms with van der Waals surface area (Å²) in [5.41, 5.74) is 1.61. The van der Waals surface area contributed by atoms with E-state index in [1.54, 1.807) is 6.08 Å². The third-order valence-electron chi connectivity index (χ3n) is 4.70. The van der Waals surface area contributed by atoms with Crippen molar-refractivity contribution in [2.75, 3.05) is 6.61 Å². The molecule has 0 fully saturated rings. The van der Waals surface area contributed by atoms with Crippen molar-refractivity contribution in [3.05, 3.63) is 100 Å². The van der Waals surface area contributed by atoms with Crippen LogP contribution in [0.25, 0.3) is 6.08 Å². The Kier molecular flexibility index (Phi) is 8.88. The van der Waals surface area contributed by atoms with Crippen molar-refractivity contribution in [3.63, 3.8) is 0 Å². The Balaban J connectivity index is 1.44. The first-order valence-corrected chi connectivity index (χ1v) is 10.9. The number of esters is 1. The van der Waals surface area contributed by atoms with Crippen molar-refractivity contribution < 1.29 is 23.4 Å². The molecule has 6 nitrogen and oxygen atoms in total. The first-order chi connectivity index (χ1) is 16.0. The summed E-state index contributed by atoms with van der Waals surface area (Å²) in [6.45, 7) is 4.95. The molecule has 6 heteroatoms. The van der Waals surface area contributed by atoms with Crippen LogP contribution >= 0.6 is 0 Å². The summed E-state index contributed by atoms with van der Waals surface area (Å²) >= 11 is 0. The number of benzene rings is 2. The molecule has 0 saturated heterocycles. The molecule has 1 heterocycles. The molecule has 0 N–H and O–H groups in total. The van der Waals surface area contributed by atoms with Gasteiger partial charge in [-0.25, -0.2) is 4.79 Å². The largest absolute Gasteiger partial charge is 0.489 e. The lowest BCUT2D eigenvalue weighted by molar-refractivity contribution is -0.139. The van der Waals surface area contributed by atoms with Gasteiger partial charge in [0.15, 0.2) is 0 Å². The molecule has 3 rings (SSSR count). The summed E-state index contributed by atoms with van der Waals surface area (Å²) in [4.78, 5) is 24.1. The molecular weight excluding hydrogens is 420 g/mol. The van der Waals surface area contributed by atoms with Gasteiger partial charge in [0.25, 0.3) is 0 Å². The van der Waals surface area contributed by atoms with Gasteiger partial charge in [-0.15, -0.1) is 0 Å². The van der Waals surface area contributed by atoms with Crippen LogP contribution in [0.15, 0.2) is 82.2 Å². The van der Waals surface area contributed by atoms with Crippen molar-refractivity contribution in [2.45, 2.75) is 33.5 Å². The average molecular weight is 449 g/mol. The van der Waals surface area contributed by atoms with E-state index in [-0.39, 0.29) is 23.5 Å². The topological polar surface area (TPSA) is 75.0 Å². The Morgan fingerprint density at radius 2 is 1.76 bits per heavy atom. The van der Waals surface area contributed by atoms with Crippen molar-refractivity contribution in [2.24, 2.45) is 5.92 Å². The summed E-state index contributed by atoms with van der Waals surface area (Å²) in [5, 5.41) is 0. The van der Waals surface area contributed by atoms with E-state index in [4.69, 9.17) is 18.6 Å². The average Bonchev–Trinajstić information content (AvgIpc) is 2.82. The number of ether oxygens (including phenoxy) is 3. The van der Waals surface area contributed by atoms with E-state index in [9.17, 15) is 9.59 Å². The van der Waals surface area contributed by atoms with Crippen LogP contribution in [0.3, 0.4) is 0 Å². The van der Waals surface area contributed by atoms with Gasteiger partial charge in [0.2, 0.25) is 11.2 Å². The molecule has 172 valence electrons. The minimum absolute atomic E-state index is 0.142.